The molecule has 0 atom stereocenters. The van der Waals surface area contributed by atoms with Crippen LogP contribution in [0.1, 0.15) is 21.5 Å². The van der Waals surface area contributed by atoms with Gasteiger partial charge in [0.15, 0.2) is 0 Å². The van der Waals surface area contributed by atoms with Crippen LogP contribution >= 0.6 is 0 Å². The van der Waals surface area contributed by atoms with E-state index < -0.39 is 0 Å². The largest absolute Gasteiger partial charge is 0.496 e. The Morgan fingerprint density at radius 2 is 1.72 bits per heavy atom. The molecule has 1 saturated heterocycles. The monoisotopic (exact) mass is 338 g/mol. The molecule has 2 aromatic rings. The average Bonchev–Trinajstić information content (AvgIpc) is 2.67. The van der Waals surface area contributed by atoms with Gasteiger partial charge in [-0.1, -0.05) is 42.5 Å². The average molecular weight is 338 g/mol. The number of carbonyl (C=O) groups excluding carboxylic acids is 1. The van der Waals surface area contributed by atoms with Crippen molar-refractivity contribution in [3.8, 4) is 5.75 Å². The highest BCUT2D eigenvalue weighted by molar-refractivity contribution is 5.98. The minimum absolute atomic E-state index is 0.0812. The van der Waals surface area contributed by atoms with Crippen molar-refractivity contribution in [2.75, 3.05) is 39.8 Å². The van der Waals surface area contributed by atoms with E-state index in [0.717, 1.165) is 44.7 Å². The maximum absolute atomic E-state index is 12.9. The molecule has 4 nitrogen and oxygen atoms in total. The van der Waals surface area contributed by atoms with Crippen LogP contribution in [0, 0.1) is 6.92 Å². The van der Waals surface area contributed by atoms with Gasteiger partial charge in [-0.15, -0.1) is 0 Å². The summed E-state index contributed by atoms with van der Waals surface area (Å²) in [7, 11) is 1.62. The molecule has 1 aliphatic heterocycles. The van der Waals surface area contributed by atoms with Crippen LogP contribution in [-0.2, 0) is 6.42 Å². The minimum atomic E-state index is 0.0812. The highest BCUT2D eigenvalue weighted by Crippen LogP contribution is 2.24. The fourth-order valence-corrected chi connectivity index (χ4v) is 3.35. The molecule has 0 bridgehead atoms. The highest BCUT2D eigenvalue weighted by atomic mass is 16.5. The van der Waals surface area contributed by atoms with Crippen molar-refractivity contribution in [2.45, 2.75) is 13.3 Å². The van der Waals surface area contributed by atoms with Gasteiger partial charge in [0.1, 0.15) is 5.75 Å². The van der Waals surface area contributed by atoms with E-state index in [1.807, 2.05) is 36.1 Å². The minimum Gasteiger partial charge on any atom is -0.496 e. The van der Waals surface area contributed by atoms with E-state index in [-0.39, 0.29) is 5.91 Å². The Bertz CT molecular complexity index is 707. The number of hydrogen-bond acceptors (Lipinski definition) is 3. The van der Waals surface area contributed by atoms with E-state index in [2.05, 4.69) is 29.2 Å². The Hall–Kier alpha value is -2.33. The molecule has 25 heavy (non-hydrogen) atoms. The van der Waals surface area contributed by atoms with Gasteiger partial charge in [0.05, 0.1) is 12.7 Å². The predicted octanol–water partition coefficient (Wildman–Crippen LogP) is 3.00. The quantitative estimate of drug-likeness (QED) is 0.840. The number of hydrogen-bond donors (Lipinski definition) is 0. The molecule has 1 aliphatic rings. The summed E-state index contributed by atoms with van der Waals surface area (Å²) in [6, 6.07) is 16.3. The zero-order valence-corrected chi connectivity index (χ0v) is 15.1. The molecule has 0 aromatic heterocycles. The van der Waals surface area contributed by atoms with Crippen LogP contribution in [0.3, 0.4) is 0 Å². The molecule has 2 aromatic carbocycles. The molecule has 1 heterocycles. The smallest absolute Gasteiger partial charge is 0.257 e. The molecule has 0 unspecified atom stereocenters. The molecule has 0 spiro atoms. The summed E-state index contributed by atoms with van der Waals surface area (Å²) < 4.78 is 5.39. The van der Waals surface area contributed by atoms with Crippen LogP contribution < -0.4 is 4.74 Å². The number of nitrogens with zero attached hydrogens (tertiary/aromatic N) is 2. The normalized spacial score (nSPS) is 15.2. The summed E-state index contributed by atoms with van der Waals surface area (Å²) in [6.07, 6.45) is 1.06. The topological polar surface area (TPSA) is 32.8 Å². The first-order valence-electron chi connectivity index (χ1n) is 8.88. The number of rotatable bonds is 5. The molecular formula is C21H26N2O2. The Morgan fingerprint density at radius 1 is 1.00 bits per heavy atom. The number of aryl methyl sites for hydroxylation is 1. The predicted molar refractivity (Wildman–Crippen MR) is 100 cm³/mol. The molecule has 132 valence electrons. The standard InChI is InChI=1S/C21H26N2O2/c1-17-7-6-10-19(25-2)20(17)21(24)23-15-13-22(14-16-23)12-11-18-8-4-3-5-9-18/h3-10H,11-16H2,1-2H3. The number of benzene rings is 2. The van der Waals surface area contributed by atoms with Crippen molar-refractivity contribution in [2.24, 2.45) is 0 Å². The van der Waals surface area contributed by atoms with Crippen molar-refractivity contribution in [3.05, 3.63) is 65.2 Å². The molecule has 0 aliphatic carbocycles. The first-order valence-corrected chi connectivity index (χ1v) is 8.88. The van der Waals surface area contributed by atoms with Gasteiger partial charge in [-0.25, -0.2) is 0 Å². The second-order valence-corrected chi connectivity index (χ2v) is 6.52. The van der Waals surface area contributed by atoms with Crippen LogP contribution in [-0.4, -0.2) is 55.5 Å². The van der Waals surface area contributed by atoms with Gasteiger partial charge >= 0.3 is 0 Å². The first-order chi connectivity index (χ1) is 12.2. The van der Waals surface area contributed by atoms with Crippen LogP contribution in [0.4, 0.5) is 0 Å². The van der Waals surface area contributed by atoms with E-state index in [0.29, 0.717) is 11.3 Å². The van der Waals surface area contributed by atoms with Crippen LogP contribution in [0.25, 0.3) is 0 Å². The summed E-state index contributed by atoms with van der Waals surface area (Å²) in [5.74, 6) is 0.745. The number of piperazine rings is 1. The summed E-state index contributed by atoms with van der Waals surface area (Å²) in [5, 5.41) is 0. The second-order valence-electron chi connectivity index (χ2n) is 6.52. The number of amides is 1. The zero-order chi connectivity index (χ0) is 17.6. The summed E-state index contributed by atoms with van der Waals surface area (Å²) in [6.45, 7) is 6.39. The summed E-state index contributed by atoms with van der Waals surface area (Å²) >= 11 is 0. The maximum atomic E-state index is 12.9. The van der Waals surface area contributed by atoms with Gasteiger partial charge in [-0.2, -0.15) is 0 Å². The third kappa shape index (κ3) is 4.20. The SMILES string of the molecule is COc1cccc(C)c1C(=O)N1CCN(CCc2ccccc2)CC1. The molecule has 0 radical (unpaired) electrons. The van der Waals surface area contributed by atoms with E-state index in [1.165, 1.54) is 5.56 Å². The van der Waals surface area contributed by atoms with E-state index in [9.17, 15) is 4.79 Å². The molecular weight excluding hydrogens is 312 g/mol. The van der Waals surface area contributed by atoms with E-state index in [1.54, 1.807) is 7.11 Å². The van der Waals surface area contributed by atoms with Gasteiger partial charge in [0.2, 0.25) is 0 Å². The molecule has 1 fully saturated rings. The number of ether oxygens (including phenoxy) is 1. The van der Waals surface area contributed by atoms with Crippen molar-refractivity contribution in [1.29, 1.82) is 0 Å². The van der Waals surface area contributed by atoms with Gasteiger partial charge < -0.3 is 9.64 Å². The zero-order valence-electron chi connectivity index (χ0n) is 15.1. The number of methoxy groups -OCH3 is 1. The lowest BCUT2D eigenvalue weighted by Gasteiger charge is -2.35. The van der Waals surface area contributed by atoms with Crippen LogP contribution in [0.15, 0.2) is 48.5 Å². The summed E-state index contributed by atoms with van der Waals surface area (Å²) in [5.41, 5.74) is 3.03. The van der Waals surface area contributed by atoms with E-state index >= 15 is 0 Å². The maximum Gasteiger partial charge on any atom is 0.257 e. The lowest BCUT2D eigenvalue weighted by atomic mass is 10.1. The third-order valence-electron chi connectivity index (χ3n) is 4.89. The van der Waals surface area contributed by atoms with Crippen molar-refractivity contribution in [1.82, 2.24) is 9.80 Å². The fourth-order valence-electron chi connectivity index (χ4n) is 3.35. The molecule has 0 N–H and O–H groups in total. The summed E-state index contributed by atoms with van der Waals surface area (Å²) in [4.78, 5) is 17.3. The Kier molecular flexibility index (Phi) is 5.71. The van der Waals surface area contributed by atoms with Crippen molar-refractivity contribution < 1.29 is 9.53 Å². The van der Waals surface area contributed by atoms with Gasteiger partial charge in [-0.3, -0.25) is 9.69 Å². The van der Waals surface area contributed by atoms with Gasteiger partial charge in [-0.05, 0) is 30.5 Å². The van der Waals surface area contributed by atoms with Crippen LogP contribution in [0.5, 0.6) is 5.75 Å². The second kappa shape index (κ2) is 8.17. The van der Waals surface area contributed by atoms with Gasteiger partial charge in [0, 0.05) is 32.7 Å². The fraction of sp³-hybridized carbons (Fsp3) is 0.381. The first kappa shape index (κ1) is 17.5. The lowest BCUT2D eigenvalue weighted by molar-refractivity contribution is 0.0634. The Labute approximate surface area is 150 Å². The van der Waals surface area contributed by atoms with E-state index in [4.69, 9.17) is 4.74 Å². The molecule has 3 rings (SSSR count). The molecule has 0 saturated carbocycles. The molecule has 4 heteroatoms. The lowest BCUT2D eigenvalue weighted by Crippen LogP contribution is -2.49. The number of carbonyl (C=O) groups is 1. The van der Waals surface area contributed by atoms with Crippen molar-refractivity contribution >= 4 is 5.91 Å². The van der Waals surface area contributed by atoms with Gasteiger partial charge in [0.25, 0.3) is 5.91 Å². The Balaban J connectivity index is 1.56. The molecule has 1 amide bonds. The van der Waals surface area contributed by atoms with Crippen molar-refractivity contribution in [3.63, 3.8) is 0 Å². The highest BCUT2D eigenvalue weighted by Gasteiger charge is 2.25. The third-order valence-corrected chi connectivity index (χ3v) is 4.89. The van der Waals surface area contributed by atoms with Crippen LogP contribution in [0.2, 0.25) is 0 Å². The Morgan fingerprint density at radius 3 is 2.40 bits per heavy atom.